The van der Waals surface area contributed by atoms with Crippen LogP contribution in [0.4, 0.5) is 5.69 Å². The summed E-state index contributed by atoms with van der Waals surface area (Å²) in [6, 6.07) is 10.8. The maximum absolute atomic E-state index is 4.32. The van der Waals surface area contributed by atoms with E-state index >= 15 is 0 Å². The van der Waals surface area contributed by atoms with Crippen molar-refractivity contribution in [1.29, 1.82) is 0 Å². The Kier molecular flexibility index (Phi) is 13.1. The maximum atomic E-state index is 4.32. The number of para-hydroxylation sites is 1. The van der Waals surface area contributed by atoms with E-state index in [1.54, 1.807) is 5.56 Å². The van der Waals surface area contributed by atoms with E-state index < -0.39 is 0 Å². The minimum atomic E-state index is 0.296. The molecular weight excluding hydrogens is 779 g/mol. The third kappa shape index (κ3) is 8.58. The Morgan fingerprint density at radius 1 is 0.734 bits per heavy atom. The van der Waals surface area contributed by atoms with E-state index in [1.165, 1.54) is 133 Å². The fourth-order valence-electron chi connectivity index (χ4n) is 16.9. The van der Waals surface area contributed by atoms with Gasteiger partial charge in [-0.25, -0.2) is 10.4 Å². The molecule has 64 heavy (non-hydrogen) atoms. The first-order chi connectivity index (χ1) is 31.4. The molecule has 1 saturated heterocycles. The van der Waals surface area contributed by atoms with Gasteiger partial charge in [-0.3, -0.25) is 4.90 Å². The van der Waals surface area contributed by atoms with Crippen molar-refractivity contribution in [1.82, 2.24) is 20.7 Å². The van der Waals surface area contributed by atoms with Gasteiger partial charge in [0.15, 0.2) is 0 Å². The highest BCUT2D eigenvalue weighted by Crippen LogP contribution is 2.64. The zero-order chi connectivity index (χ0) is 43.2. The Balaban J connectivity index is 0.899. The summed E-state index contributed by atoms with van der Waals surface area (Å²) < 4.78 is 0. The van der Waals surface area contributed by atoms with E-state index in [0.29, 0.717) is 65.2 Å². The topological polar surface area (TPSA) is 42.6 Å². The summed E-state index contributed by atoms with van der Waals surface area (Å²) in [4.78, 5) is 2.99. The number of rotatable bonds is 12. The Morgan fingerprint density at radius 2 is 1.53 bits per heavy atom. The van der Waals surface area contributed by atoms with Gasteiger partial charge in [0.05, 0.1) is 6.17 Å². The summed E-state index contributed by atoms with van der Waals surface area (Å²) in [5.74, 6) is 7.90. The van der Waals surface area contributed by atoms with Gasteiger partial charge in [0, 0.05) is 48.5 Å². The van der Waals surface area contributed by atoms with Gasteiger partial charge in [-0.2, -0.15) is 0 Å². The number of nitrogens with one attached hydrogen (secondary N) is 3. The number of benzene rings is 1. The van der Waals surface area contributed by atoms with Crippen molar-refractivity contribution in [3.05, 3.63) is 102 Å². The van der Waals surface area contributed by atoms with Crippen molar-refractivity contribution in [2.45, 2.75) is 172 Å². The van der Waals surface area contributed by atoms with Gasteiger partial charge in [0.1, 0.15) is 0 Å². The Bertz CT molecular complexity index is 1960. The van der Waals surface area contributed by atoms with E-state index in [1.807, 2.05) is 5.57 Å². The Hall–Kier alpha value is -2.70. The molecule has 346 valence electrons. The summed E-state index contributed by atoms with van der Waals surface area (Å²) >= 11 is 0. The minimum Gasteiger partial charge on any atom is -0.359 e. The molecule has 0 amide bonds. The summed E-state index contributed by atoms with van der Waals surface area (Å²) in [6.45, 7) is 7.54. The highest BCUT2D eigenvalue weighted by atomic mass is 15.5. The zero-order valence-corrected chi connectivity index (χ0v) is 40.2. The van der Waals surface area contributed by atoms with E-state index in [4.69, 9.17) is 0 Å². The van der Waals surface area contributed by atoms with Gasteiger partial charge in [0.2, 0.25) is 0 Å². The van der Waals surface area contributed by atoms with Crippen molar-refractivity contribution >= 4 is 5.69 Å². The molecule has 10 aliphatic rings. The molecule has 4 saturated carbocycles. The molecule has 0 radical (unpaired) electrons. The second kappa shape index (κ2) is 19.1. The molecular formula is C59H85N5. The number of allylic oxidation sites excluding steroid dienone is 7. The molecule has 0 bridgehead atoms. The molecule has 0 spiro atoms. The van der Waals surface area contributed by atoms with Crippen molar-refractivity contribution in [3.8, 4) is 0 Å². The maximum Gasteiger partial charge on any atom is 0.0732 e. The lowest BCUT2D eigenvalue weighted by Gasteiger charge is -2.45. The van der Waals surface area contributed by atoms with Crippen molar-refractivity contribution in [2.24, 2.45) is 64.6 Å². The van der Waals surface area contributed by atoms with Gasteiger partial charge >= 0.3 is 0 Å². The first-order valence-corrected chi connectivity index (χ1v) is 27.4. The molecule has 5 heteroatoms. The molecule has 3 N–H and O–H groups in total. The first-order valence-electron chi connectivity index (χ1n) is 27.4. The second-order valence-corrected chi connectivity index (χ2v) is 23.6. The van der Waals surface area contributed by atoms with Crippen LogP contribution in [0.15, 0.2) is 96.3 Å². The average molecular weight is 864 g/mol. The van der Waals surface area contributed by atoms with E-state index in [9.17, 15) is 0 Å². The van der Waals surface area contributed by atoms with Crippen LogP contribution in [0.3, 0.4) is 0 Å². The molecule has 5 fully saturated rings. The quantitative estimate of drug-likeness (QED) is 0.111. The van der Waals surface area contributed by atoms with Crippen LogP contribution in [0.25, 0.3) is 0 Å². The highest BCUT2D eigenvalue weighted by molar-refractivity contribution is 5.57. The van der Waals surface area contributed by atoms with Crippen LogP contribution in [-0.4, -0.2) is 54.3 Å². The summed E-state index contributed by atoms with van der Waals surface area (Å²) in [5.41, 5.74) is 10.8. The first kappa shape index (κ1) is 43.8. The number of likely N-dealkylation sites (tertiary alicyclic amines) is 1. The smallest absolute Gasteiger partial charge is 0.0732 e. The predicted molar refractivity (Wildman–Crippen MR) is 267 cm³/mol. The zero-order valence-electron chi connectivity index (χ0n) is 40.2. The van der Waals surface area contributed by atoms with E-state index in [-0.39, 0.29) is 0 Å². The predicted octanol–water partition coefficient (Wildman–Crippen LogP) is 13.1. The third-order valence-corrected chi connectivity index (χ3v) is 19.7. The molecule has 1 aromatic rings. The monoisotopic (exact) mass is 864 g/mol. The standard InChI is InChI=1S/C59H85N5/c1-59(2)53-36-40(30-32-49(53)52-33-31-43-20-10-11-24-48(43)57(52)59)38-63(62-58(60-3)44-21-8-5-9-22-44)39-41-34-45(61-54-27-15-12-23-47(54)42-18-6-4-7-19-42)37-46(35-41)64-55-28-16-13-25-50(55)51-26-14-17-29-56(51)64/h12-13,15-17,23,25,27-29,31,33,36-37,40-44,46,48-52,55-58,60-62H,4-11,14,18-22,24,26,30,32,34-35,38-39H2,1-3H3. The summed E-state index contributed by atoms with van der Waals surface area (Å²) in [5, 5.41) is 10.9. The van der Waals surface area contributed by atoms with Crippen LogP contribution in [0.2, 0.25) is 0 Å². The number of nitrogens with zero attached hydrogens (tertiary/aromatic N) is 2. The van der Waals surface area contributed by atoms with Crippen molar-refractivity contribution in [3.63, 3.8) is 0 Å². The number of hydrogen-bond donors (Lipinski definition) is 3. The Labute approximate surface area is 389 Å². The lowest BCUT2D eigenvalue weighted by Crippen LogP contribution is -2.57. The van der Waals surface area contributed by atoms with Crippen molar-refractivity contribution < 1.29 is 0 Å². The molecule has 11 rings (SSSR count). The lowest BCUT2D eigenvalue weighted by atomic mass is 9.59. The molecule has 1 aliphatic heterocycles. The fraction of sp³-hybridized carbons (Fsp3) is 0.695. The van der Waals surface area contributed by atoms with Gasteiger partial charge < -0.3 is 10.6 Å². The molecule has 9 aliphatic carbocycles. The Morgan fingerprint density at radius 3 is 2.39 bits per heavy atom. The van der Waals surface area contributed by atoms with Crippen LogP contribution in [0.5, 0.6) is 0 Å². The minimum absolute atomic E-state index is 0.296. The van der Waals surface area contributed by atoms with Crippen LogP contribution in [-0.2, 0) is 0 Å². The lowest BCUT2D eigenvalue weighted by molar-refractivity contribution is 0.0636. The number of anilines is 1. The largest absolute Gasteiger partial charge is 0.359 e. The normalized spacial score (nSPS) is 38.8. The van der Waals surface area contributed by atoms with Crippen LogP contribution < -0.4 is 16.1 Å². The molecule has 1 aromatic carbocycles. The summed E-state index contributed by atoms with van der Waals surface area (Å²) in [6.07, 6.45) is 53.2. The van der Waals surface area contributed by atoms with Gasteiger partial charge in [-0.05, 0) is 166 Å². The van der Waals surface area contributed by atoms with Crippen LogP contribution >= 0.6 is 0 Å². The van der Waals surface area contributed by atoms with Gasteiger partial charge in [-0.15, -0.1) is 0 Å². The second-order valence-electron chi connectivity index (χ2n) is 23.6. The number of fused-ring (bicyclic) bond motifs is 8. The van der Waals surface area contributed by atoms with Crippen LogP contribution in [0.1, 0.15) is 154 Å². The van der Waals surface area contributed by atoms with Gasteiger partial charge in [0.25, 0.3) is 0 Å². The molecule has 13 atom stereocenters. The highest BCUT2D eigenvalue weighted by Gasteiger charge is 2.57. The van der Waals surface area contributed by atoms with E-state index in [0.717, 1.165) is 49.1 Å². The fourth-order valence-corrected chi connectivity index (χ4v) is 16.9. The van der Waals surface area contributed by atoms with Crippen LogP contribution in [0, 0.1) is 64.6 Å². The molecule has 5 nitrogen and oxygen atoms in total. The molecule has 1 heterocycles. The summed E-state index contributed by atoms with van der Waals surface area (Å²) in [7, 11) is 2.22. The van der Waals surface area contributed by atoms with Gasteiger partial charge in [-0.1, -0.05) is 144 Å². The number of hydrogen-bond acceptors (Lipinski definition) is 5. The SMILES string of the molecule is CNC(NN(CC1C=C2C(CC1)C1C=CC3CCCCC3C1C2(C)C)CC1CC(Nc2ccccc2C2CCCCC2)=CC(N2C3C=CC=CC3C3CCC=CC32)C1)C1CCCCC1. The van der Waals surface area contributed by atoms with Crippen molar-refractivity contribution in [2.75, 3.05) is 25.5 Å². The van der Waals surface area contributed by atoms with E-state index in [2.05, 4.69) is 132 Å². The number of hydrazine groups is 1. The third-order valence-electron chi connectivity index (χ3n) is 19.7. The molecule has 0 aromatic heterocycles. The average Bonchev–Trinajstić information content (AvgIpc) is 3.79. The molecule has 13 unspecified atom stereocenters.